The quantitative estimate of drug-likeness (QED) is 0.284. The van der Waals surface area contributed by atoms with E-state index in [9.17, 15) is 67.3 Å². The van der Waals surface area contributed by atoms with Crippen molar-refractivity contribution in [1.82, 2.24) is 0 Å². The highest BCUT2D eigenvalue weighted by atomic mass is 19.4. The molecule has 194 valence electrons. The monoisotopic (exact) mass is 532 g/mol. The van der Waals surface area contributed by atoms with Crippen molar-refractivity contribution in [3.8, 4) is 11.5 Å². The predicted molar refractivity (Wildman–Crippen MR) is 90.1 cm³/mol. The molecule has 2 rings (SSSR count). The molecule has 0 unspecified atom stereocenters. The molecule has 0 spiro atoms. The van der Waals surface area contributed by atoms with Gasteiger partial charge in [-0.3, -0.25) is 0 Å². The Balaban J connectivity index is 2.69. The van der Waals surface area contributed by atoms with Gasteiger partial charge in [0.05, 0.1) is 5.56 Å². The lowest BCUT2D eigenvalue weighted by molar-refractivity contribution is -0.441. The van der Waals surface area contributed by atoms with Crippen LogP contribution in [-0.2, 0) is 5.92 Å². The number of halogens is 13. The third kappa shape index (κ3) is 4.20. The minimum Gasteiger partial charge on any atom is -0.506 e. The Morgan fingerprint density at radius 2 is 1.00 bits per heavy atom. The first-order valence-electron chi connectivity index (χ1n) is 8.62. The number of rotatable bonds is 7. The summed E-state index contributed by atoms with van der Waals surface area (Å²) in [5.41, 5.74) is -4.83. The topological polar surface area (TPSA) is 65.2 Å². The van der Waals surface area contributed by atoms with Crippen LogP contribution in [0.5, 0.6) is 11.5 Å². The minimum atomic E-state index is -8.07. The molecule has 0 aromatic heterocycles. The lowest BCUT2D eigenvalue weighted by atomic mass is 9.90. The van der Waals surface area contributed by atoms with Crippen LogP contribution in [0.3, 0.4) is 0 Å². The van der Waals surface area contributed by atoms with Crippen molar-refractivity contribution in [1.29, 1.82) is 0 Å². The minimum absolute atomic E-state index is 0.178. The molecular weight excluding hydrogens is 523 g/mol. The van der Waals surface area contributed by atoms with Crippen LogP contribution in [0, 0.1) is 0 Å². The van der Waals surface area contributed by atoms with Gasteiger partial charge in [-0.15, -0.1) is 10.2 Å². The zero-order valence-electron chi connectivity index (χ0n) is 16.2. The molecule has 4 nitrogen and oxygen atoms in total. The number of hydrogen-bond donors (Lipinski definition) is 2. The van der Waals surface area contributed by atoms with Crippen molar-refractivity contribution < 1.29 is 67.3 Å². The molecule has 2 aromatic carbocycles. The molecule has 2 N–H and O–H groups in total. The highest BCUT2D eigenvalue weighted by Gasteiger charge is 2.91. The molecule has 35 heavy (non-hydrogen) atoms. The van der Waals surface area contributed by atoms with Crippen LogP contribution in [-0.4, -0.2) is 40.1 Å². The fourth-order valence-corrected chi connectivity index (χ4v) is 2.48. The number of hydrogen-bond acceptors (Lipinski definition) is 4. The molecule has 0 aliphatic heterocycles. The fraction of sp³-hybridized carbons (Fsp3) is 0.333. The number of phenolic OH excluding ortho intramolecular Hbond substituents is 2. The molecule has 0 amide bonds. The fourth-order valence-electron chi connectivity index (χ4n) is 2.48. The number of para-hydroxylation sites is 1. The zero-order chi connectivity index (χ0) is 27.3. The number of benzene rings is 2. The van der Waals surface area contributed by atoms with E-state index < -0.39 is 64.2 Å². The van der Waals surface area contributed by atoms with Gasteiger partial charge in [0.15, 0.2) is 0 Å². The van der Waals surface area contributed by atoms with Crippen molar-refractivity contribution in [2.45, 2.75) is 35.8 Å². The van der Waals surface area contributed by atoms with Gasteiger partial charge in [0.25, 0.3) is 0 Å². The zero-order valence-corrected chi connectivity index (χ0v) is 16.2. The largest absolute Gasteiger partial charge is 0.506 e. The summed E-state index contributed by atoms with van der Waals surface area (Å²) in [7, 11) is 0. The summed E-state index contributed by atoms with van der Waals surface area (Å²) >= 11 is 0. The van der Waals surface area contributed by atoms with E-state index in [1.807, 2.05) is 0 Å². The Labute approximate surface area is 185 Å². The molecule has 0 atom stereocenters. The van der Waals surface area contributed by atoms with Crippen molar-refractivity contribution in [3.63, 3.8) is 0 Å². The number of phenols is 2. The van der Waals surface area contributed by atoms with Crippen molar-refractivity contribution in [2.24, 2.45) is 10.2 Å². The Kier molecular flexibility index (Phi) is 6.74. The molecule has 0 bridgehead atoms. The van der Waals surface area contributed by atoms with Crippen LogP contribution in [0.1, 0.15) is 5.56 Å². The van der Waals surface area contributed by atoms with E-state index in [1.165, 1.54) is 12.1 Å². The smallest absolute Gasteiger partial charge is 0.460 e. The van der Waals surface area contributed by atoms with E-state index in [2.05, 4.69) is 10.2 Å². The van der Waals surface area contributed by atoms with Gasteiger partial charge < -0.3 is 10.2 Å². The summed E-state index contributed by atoms with van der Waals surface area (Å²) in [6.07, 6.45) is -7.53. The van der Waals surface area contributed by atoms with E-state index in [4.69, 9.17) is 0 Å². The molecule has 2 aromatic rings. The summed E-state index contributed by atoms with van der Waals surface area (Å²) in [6.45, 7) is 0. The Hall–Kier alpha value is -3.27. The number of aromatic hydroxyl groups is 2. The van der Waals surface area contributed by atoms with Crippen LogP contribution in [0.2, 0.25) is 0 Å². The maximum Gasteiger partial charge on any atom is 0.460 e. The highest BCUT2D eigenvalue weighted by molar-refractivity contribution is 5.60. The van der Waals surface area contributed by atoms with Crippen LogP contribution in [0.25, 0.3) is 0 Å². The molecule has 0 heterocycles. The maximum absolute atomic E-state index is 14.5. The maximum atomic E-state index is 14.5. The number of nitrogens with zero attached hydrogens (tertiary/aromatic N) is 2. The van der Waals surface area contributed by atoms with Gasteiger partial charge in [-0.25, -0.2) is 0 Å². The first-order valence-corrected chi connectivity index (χ1v) is 8.62. The molecule has 0 radical (unpaired) electrons. The van der Waals surface area contributed by atoms with Crippen LogP contribution >= 0.6 is 0 Å². The van der Waals surface area contributed by atoms with Crippen LogP contribution in [0.15, 0.2) is 52.7 Å². The Morgan fingerprint density at radius 3 is 1.51 bits per heavy atom. The average Bonchev–Trinajstić information content (AvgIpc) is 2.72. The van der Waals surface area contributed by atoms with Crippen molar-refractivity contribution in [3.05, 3.63) is 48.0 Å². The molecule has 0 aliphatic rings. The lowest BCUT2D eigenvalue weighted by Gasteiger charge is -2.39. The summed E-state index contributed by atoms with van der Waals surface area (Å²) in [5.74, 6) is -40.4. The molecule has 0 saturated carbocycles. The number of alkyl halides is 13. The van der Waals surface area contributed by atoms with E-state index in [0.717, 1.165) is 12.1 Å². The second kappa shape index (κ2) is 8.44. The third-order valence-electron chi connectivity index (χ3n) is 4.43. The van der Waals surface area contributed by atoms with Gasteiger partial charge in [0, 0.05) is 0 Å². The first kappa shape index (κ1) is 28.0. The number of azo groups is 1. The predicted octanol–water partition coefficient (Wildman–Crippen LogP) is 7.71. The normalized spacial score (nSPS) is 14.5. The molecule has 0 saturated heterocycles. The van der Waals surface area contributed by atoms with Gasteiger partial charge in [0.1, 0.15) is 22.9 Å². The summed E-state index contributed by atoms with van der Waals surface area (Å²) < 4.78 is 174. The molecule has 17 heteroatoms. The van der Waals surface area contributed by atoms with E-state index >= 15 is 0 Å². The van der Waals surface area contributed by atoms with Crippen LogP contribution < -0.4 is 0 Å². The first-order chi connectivity index (χ1) is 15.6. The van der Waals surface area contributed by atoms with Gasteiger partial charge in [-0.2, -0.15) is 57.1 Å². The van der Waals surface area contributed by atoms with Gasteiger partial charge in [0.2, 0.25) is 0 Å². The van der Waals surface area contributed by atoms with E-state index in [0.29, 0.717) is 12.1 Å². The molecular formula is C18H9F13N2O2. The van der Waals surface area contributed by atoms with Crippen molar-refractivity contribution >= 4 is 11.4 Å². The van der Waals surface area contributed by atoms with Crippen LogP contribution in [0.4, 0.5) is 68.5 Å². The average molecular weight is 532 g/mol. The summed E-state index contributed by atoms with van der Waals surface area (Å²) in [4.78, 5) is 0. The molecule has 0 fully saturated rings. The van der Waals surface area contributed by atoms with Gasteiger partial charge >= 0.3 is 35.8 Å². The summed E-state index contributed by atoms with van der Waals surface area (Å²) in [5, 5.41) is 25.2. The van der Waals surface area contributed by atoms with Gasteiger partial charge in [-0.05, 0) is 18.2 Å². The third-order valence-corrected chi connectivity index (χ3v) is 4.43. The van der Waals surface area contributed by atoms with Crippen molar-refractivity contribution in [2.75, 3.05) is 0 Å². The van der Waals surface area contributed by atoms with Gasteiger partial charge in [-0.1, -0.05) is 24.3 Å². The second-order valence-electron chi connectivity index (χ2n) is 6.73. The molecule has 0 aliphatic carbocycles. The highest BCUT2D eigenvalue weighted by Crippen LogP contribution is 2.63. The van der Waals surface area contributed by atoms with E-state index in [-0.39, 0.29) is 6.07 Å². The lowest BCUT2D eigenvalue weighted by Crippen LogP contribution is -2.69. The SMILES string of the molecule is Oc1ccccc1N=Nc1c(O)cccc1C(F)(F)C(F)(F)C(F)(F)C(F)(F)C(F)(F)C(F)(F)F. The summed E-state index contributed by atoms with van der Waals surface area (Å²) in [6, 6.07) is 4.92. The standard InChI is InChI=1S/C18H9F13N2O2/c19-13(20,14(21,22)15(23,24)16(25,26)17(27,28)18(29,30)31)8-4-3-7-11(35)12(8)33-32-9-5-1-2-6-10(9)34/h1-7,34-35H. The Morgan fingerprint density at radius 1 is 0.514 bits per heavy atom. The Bertz CT molecular complexity index is 1110. The second-order valence-corrected chi connectivity index (χ2v) is 6.73. The van der Waals surface area contributed by atoms with E-state index in [1.54, 1.807) is 0 Å².